The van der Waals surface area contributed by atoms with Gasteiger partial charge in [-0.3, -0.25) is 14.5 Å². The molecular formula is C41H49F3N8O6. The van der Waals surface area contributed by atoms with Gasteiger partial charge in [0.2, 0.25) is 11.8 Å². The van der Waals surface area contributed by atoms with Gasteiger partial charge in [0, 0.05) is 25.7 Å². The summed E-state index contributed by atoms with van der Waals surface area (Å²) >= 11 is 0. The highest BCUT2D eigenvalue weighted by Crippen LogP contribution is 2.40. The molecular weight excluding hydrogens is 757 g/mol. The molecule has 0 aliphatic carbocycles. The van der Waals surface area contributed by atoms with Gasteiger partial charge in [-0.15, -0.1) is 0 Å². The molecule has 2 fully saturated rings. The van der Waals surface area contributed by atoms with E-state index in [9.17, 15) is 37.5 Å². The summed E-state index contributed by atoms with van der Waals surface area (Å²) in [4.78, 5) is 69.8. The summed E-state index contributed by atoms with van der Waals surface area (Å²) in [6, 6.07) is 11.4. The van der Waals surface area contributed by atoms with Crippen LogP contribution in [0.25, 0.3) is 33.6 Å². The molecule has 2 aliphatic rings. The number of amides is 4. The number of halogens is 3. The summed E-state index contributed by atoms with van der Waals surface area (Å²) < 4.78 is 48.0. The number of aromatic amines is 2. The lowest BCUT2D eigenvalue weighted by Gasteiger charge is -2.33. The molecule has 6 rings (SSSR count). The molecule has 2 aliphatic heterocycles. The Kier molecular flexibility index (Phi) is 12.2. The molecule has 0 bridgehead atoms. The van der Waals surface area contributed by atoms with E-state index in [4.69, 9.17) is 4.74 Å². The summed E-state index contributed by atoms with van der Waals surface area (Å²) in [7, 11) is 2.56. The molecule has 2 saturated heterocycles. The SMILES string of the molecule is COC(=O)N[C@H](C(=O)N1CCC[C@H]1c1ncc(-c2ccc(-c3ccc(-c4nc([C@@H]5CCCN5C(=O)[C@H](C(C)C)N(C)C(=O)O)[nH]c4C(F)(F)F)cc3)cc2)[nH]1)C(C)C. The predicted molar refractivity (Wildman–Crippen MR) is 208 cm³/mol. The van der Waals surface area contributed by atoms with Crippen molar-refractivity contribution in [1.82, 2.24) is 40.0 Å². The Labute approximate surface area is 334 Å². The lowest BCUT2D eigenvalue weighted by Crippen LogP contribution is -2.51. The maximum Gasteiger partial charge on any atom is 0.433 e. The van der Waals surface area contributed by atoms with Crippen LogP contribution in [-0.2, 0) is 20.5 Å². The standard InChI is InChI=1S/C41H49F3N8O6/c1-22(2)31(48-39(55)58-6)37(53)51-19-7-9-29(51)35-45-21-28(46-35)26-15-11-24(12-16-26)25-13-17-27(18-14-25)32-34(41(42,43)44)49-36(47-32)30-10-8-20-52(30)38(54)33(23(3)4)50(5)40(56)57/h11-18,21-23,29-31,33H,7-10,19-20H2,1-6H3,(H,45,46)(H,47,49)(H,48,55)(H,56,57)/t29-,30-,31-,33-/m0/s1. The Bertz CT molecular complexity index is 2110. The van der Waals surface area contributed by atoms with E-state index >= 15 is 0 Å². The summed E-state index contributed by atoms with van der Waals surface area (Å²) in [6.07, 6.45) is -2.59. The Morgan fingerprint density at radius 2 is 1.36 bits per heavy atom. The van der Waals surface area contributed by atoms with E-state index in [0.29, 0.717) is 31.6 Å². The number of nitrogens with one attached hydrogen (secondary N) is 3. The lowest BCUT2D eigenvalue weighted by atomic mass is 10.0. The Morgan fingerprint density at radius 1 is 0.828 bits per heavy atom. The van der Waals surface area contributed by atoms with Gasteiger partial charge in [-0.05, 0) is 54.2 Å². The number of benzene rings is 2. The number of alkyl carbamates (subject to hydrolysis) is 1. The Hall–Kier alpha value is -5.87. The van der Waals surface area contributed by atoms with Gasteiger partial charge in [0.05, 0.1) is 31.1 Å². The summed E-state index contributed by atoms with van der Waals surface area (Å²) in [5.74, 6) is -0.562. The zero-order valence-electron chi connectivity index (χ0n) is 33.3. The van der Waals surface area contributed by atoms with Crippen LogP contribution in [0.5, 0.6) is 0 Å². The number of methoxy groups -OCH3 is 1. The van der Waals surface area contributed by atoms with Crippen molar-refractivity contribution in [2.75, 3.05) is 27.2 Å². The van der Waals surface area contributed by atoms with E-state index in [0.717, 1.165) is 33.7 Å². The number of carbonyl (C=O) groups excluding carboxylic acids is 3. The second kappa shape index (κ2) is 16.9. The minimum Gasteiger partial charge on any atom is -0.465 e. The molecule has 4 N–H and O–H groups in total. The second-order valence-electron chi connectivity index (χ2n) is 15.5. The van der Waals surface area contributed by atoms with Gasteiger partial charge in [0.1, 0.15) is 35.1 Å². The fourth-order valence-corrected chi connectivity index (χ4v) is 7.97. The third kappa shape index (κ3) is 8.53. The molecule has 4 heterocycles. The number of imidazole rings is 2. The Morgan fingerprint density at radius 3 is 1.88 bits per heavy atom. The van der Waals surface area contributed by atoms with Crippen LogP contribution in [-0.4, -0.2) is 103 Å². The van der Waals surface area contributed by atoms with Gasteiger partial charge in [-0.1, -0.05) is 76.2 Å². The van der Waals surface area contributed by atoms with Gasteiger partial charge in [-0.25, -0.2) is 19.6 Å². The van der Waals surface area contributed by atoms with E-state index in [2.05, 4.69) is 25.3 Å². The van der Waals surface area contributed by atoms with Crippen LogP contribution in [0.3, 0.4) is 0 Å². The number of alkyl halides is 3. The van der Waals surface area contributed by atoms with Crippen molar-refractivity contribution < 1.29 is 42.2 Å². The average molecular weight is 807 g/mol. The number of hydrogen-bond donors (Lipinski definition) is 4. The Balaban J connectivity index is 1.18. The first-order valence-corrected chi connectivity index (χ1v) is 19.3. The molecule has 0 unspecified atom stereocenters. The average Bonchev–Trinajstić information content (AvgIpc) is 4.02. The summed E-state index contributed by atoms with van der Waals surface area (Å²) in [5.41, 5.74) is 2.10. The smallest absolute Gasteiger partial charge is 0.433 e. The van der Waals surface area contributed by atoms with Crippen molar-refractivity contribution in [3.05, 3.63) is 72.1 Å². The molecule has 310 valence electrons. The van der Waals surface area contributed by atoms with E-state index in [1.165, 1.54) is 19.1 Å². The van der Waals surface area contributed by atoms with Crippen molar-refractivity contribution in [2.45, 2.75) is 83.7 Å². The highest BCUT2D eigenvalue weighted by molar-refractivity contribution is 5.87. The number of ether oxygens (including phenoxy) is 1. The molecule has 0 spiro atoms. The third-order valence-corrected chi connectivity index (χ3v) is 11.0. The number of H-pyrrole nitrogens is 2. The fourth-order valence-electron chi connectivity index (χ4n) is 7.97. The van der Waals surface area contributed by atoms with Crippen LogP contribution >= 0.6 is 0 Å². The monoisotopic (exact) mass is 806 g/mol. The van der Waals surface area contributed by atoms with Gasteiger partial charge >= 0.3 is 18.4 Å². The second-order valence-corrected chi connectivity index (χ2v) is 15.5. The number of nitrogens with zero attached hydrogens (tertiary/aromatic N) is 5. The number of likely N-dealkylation sites (tertiary alicyclic amines) is 2. The molecule has 4 amide bonds. The first-order chi connectivity index (χ1) is 27.5. The number of hydrogen-bond acceptors (Lipinski definition) is 7. The van der Waals surface area contributed by atoms with E-state index in [1.54, 1.807) is 49.2 Å². The zero-order chi connectivity index (χ0) is 42.1. The normalized spacial score (nSPS) is 18.1. The lowest BCUT2D eigenvalue weighted by molar-refractivity contribution is -0.140. The molecule has 58 heavy (non-hydrogen) atoms. The number of carbonyl (C=O) groups is 4. The third-order valence-electron chi connectivity index (χ3n) is 11.0. The van der Waals surface area contributed by atoms with Gasteiger partial charge < -0.3 is 34.9 Å². The predicted octanol–water partition coefficient (Wildman–Crippen LogP) is 7.49. The van der Waals surface area contributed by atoms with E-state index in [-0.39, 0.29) is 47.4 Å². The largest absolute Gasteiger partial charge is 0.465 e. The summed E-state index contributed by atoms with van der Waals surface area (Å²) in [5, 5.41) is 12.2. The fraction of sp³-hybridized carbons (Fsp3) is 0.463. The molecule has 4 atom stereocenters. The van der Waals surface area contributed by atoms with Crippen LogP contribution in [0.1, 0.15) is 82.8 Å². The van der Waals surface area contributed by atoms with Crippen LogP contribution < -0.4 is 5.32 Å². The quantitative estimate of drug-likeness (QED) is 0.121. The highest BCUT2D eigenvalue weighted by Gasteiger charge is 2.43. The number of likely N-dealkylation sites (N-methyl/N-ethyl adjacent to an activating group) is 1. The van der Waals surface area contributed by atoms with Gasteiger partial charge in [0.25, 0.3) is 0 Å². The van der Waals surface area contributed by atoms with Crippen molar-refractivity contribution in [3.63, 3.8) is 0 Å². The van der Waals surface area contributed by atoms with Crippen molar-refractivity contribution in [1.29, 1.82) is 0 Å². The van der Waals surface area contributed by atoms with Crippen molar-refractivity contribution >= 4 is 24.0 Å². The van der Waals surface area contributed by atoms with Crippen LogP contribution in [0.2, 0.25) is 0 Å². The minimum absolute atomic E-state index is 0.00199. The van der Waals surface area contributed by atoms with Gasteiger partial charge in [0.15, 0.2) is 0 Å². The number of carboxylic acid groups (broad SMARTS) is 1. The van der Waals surface area contributed by atoms with Crippen LogP contribution in [0, 0.1) is 11.8 Å². The summed E-state index contributed by atoms with van der Waals surface area (Å²) in [6.45, 7) is 7.96. The molecule has 4 aromatic rings. The minimum atomic E-state index is -4.76. The first kappa shape index (κ1) is 41.8. The maximum atomic E-state index is 14.4. The molecule has 2 aromatic carbocycles. The zero-order valence-corrected chi connectivity index (χ0v) is 33.3. The van der Waals surface area contributed by atoms with E-state index in [1.807, 2.05) is 38.1 Å². The number of aromatic nitrogens is 4. The first-order valence-electron chi connectivity index (χ1n) is 19.3. The maximum absolute atomic E-state index is 14.4. The van der Waals surface area contributed by atoms with Crippen LogP contribution in [0.15, 0.2) is 54.7 Å². The van der Waals surface area contributed by atoms with Crippen LogP contribution in [0.4, 0.5) is 22.8 Å². The number of rotatable bonds is 11. The molecule has 17 heteroatoms. The molecule has 2 aromatic heterocycles. The molecule has 14 nitrogen and oxygen atoms in total. The van der Waals surface area contributed by atoms with Crippen molar-refractivity contribution in [3.8, 4) is 33.6 Å². The highest BCUT2D eigenvalue weighted by atomic mass is 19.4. The molecule has 0 saturated carbocycles. The topological polar surface area (TPSA) is 177 Å². The van der Waals surface area contributed by atoms with Gasteiger partial charge in [-0.2, -0.15) is 13.2 Å². The van der Waals surface area contributed by atoms with Crippen molar-refractivity contribution in [2.24, 2.45) is 11.8 Å². The van der Waals surface area contributed by atoms with E-state index < -0.39 is 48.1 Å². The molecule has 0 radical (unpaired) electrons.